The van der Waals surface area contributed by atoms with Crippen LogP contribution >= 0.6 is 0 Å². The Hall–Kier alpha value is -4.27. The SMILES string of the molecule is COc1ccc(COC(=O)NNC(=O)c2cc(=O)c(OCc3ccccc3)c[nH]2)cc1. The van der Waals surface area contributed by atoms with E-state index in [9.17, 15) is 14.4 Å². The van der Waals surface area contributed by atoms with Gasteiger partial charge in [-0.05, 0) is 23.3 Å². The van der Waals surface area contributed by atoms with Gasteiger partial charge in [0, 0.05) is 12.3 Å². The van der Waals surface area contributed by atoms with E-state index >= 15 is 0 Å². The Bertz CT molecular complexity index is 1080. The molecule has 0 spiro atoms. The van der Waals surface area contributed by atoms with Crippen molar-refractivity contribution in [1.29, 1.82) is 0 Å². The van der Waals surface area contributed by atoms with Gasteiger partial charge in [0.1, 0.15) is 24.7 Å². The lowest BCUT2D eigenvalue weighted by Gasteiger charge is -2.09. The second-order valence-electron chi connectivity index (χ2n) is 6.35. The number of ether oxygens (including phenoxy) is 3. The summed E-state index contributed by atoms with van der Waals surface area (Å²) >= 11 is 0. The molecule has 0 fully saturated rings. The minimum Gasteiger partial charge on any atom is -0.497 e. The van der Waals surface area contributed by atoms with Gasteiger partial charge >= 0.3 is 6.09 Å². The van der Waals surface area contributed by atoms with Crippen LogP contribution in [-0.2, 0) is 18.0 Å². The Kier molecular flexibility index (Phi) is 7.26. The third-order valence-corrected chi connectivity index (χ3v) is 4.17. The van der Waals surface area contributed by atoms with Crippen LogP contribution in [0.2, 0.25) is 0 Å². The number of benzene rings is 2. The minimum absolute atomic E-state index is 0.00990. The quantitative estimate of drug-likeness (QED) is 0.503. The van der Waals surface area contributed by atoms with Gasteiger partial charge in [0.05, 0.1) is 7.11 Å². The number of aromatic nitrogens is 1. The van der Waals surface area contributed by atoms with Crippen LogP contribution in [0.15, 0.2) is 71.7 Å². The second kappa shape index (κ2) is 10.5. The molecule has 0 unspecified atom stereocenters. The zero-order valence-electron chi connectivity index (χ0n) is 16.7. The van der Waals surface area contributed by atoms with Crippen molar-refractivity contribution in [2.75, 3.05) is 7.11 Å². The van der Waals surface area contributed by atoms with Crippen molar-refractivity contribution >= 4 is 12.0 Å². The lowest BCUT2D eigenvalue weighted by atomic mass is 10.2. The van der Waals surface area contributed by atoms with E-state index in [-0.39, 0.29) is 24.7 Å². The van der Waals surface area contributed by atoms with Crippen molar-refractivity contribution in [3.8, 4) is 11.5 Å². The van der Waals surface area contributed by atoms with Crippen molar-refractivity contribution in [1.82, 2.24) is 15.8 Å². The molecule has 9 heteroatoms. The number of hydrogen-bond acceptors (Lipinski definition) is 6. The van der Waals surface area contributed by atoms with Crippen molar-refractivity contribution in [3.63, 3.8) is 0 Å². The third kappa shape index (κ3) is 6.36. The average Bonchev–Trinajstić information content (AvgIpc) is 2.81. The largest absolute Gasteiger partial charge is 0.497 e. The summed E-state index contributed by atoms with van der Waals surface area (Å²) in [4.78, 5) is 38.7. The van der Waals surface area contributed by atoms with Gasteiger partial charge in [-0.25, -0.2) is 10.2 Å². The van der Waals surface area contributed by atoms with Crippen molar-refractivity contribution < 1.29 is 23.8 Å². The maximum Gasteiger partial charge on any atom is 0.426 e. The number of carbonyl (C=O) groups is 2. The number of hydrogen-bond donors (Lipinski definition) is 3. The predicted octanol–water partition coefficient (Wildman–Crippen LogP) is 2.53. The van der Waals surface area contributed by atoms with Crippen molar-refractivity contribution in [2.24, 2.45) is 0 Å². The third-order valence-electron chi connectivity index (χ3n) is 4.17. The molecule has 0 radical (unpaired) electrons. The van der Waals surface area contributed by atoms with E-state index in [2.05, 4.69) is 15.8 Å². The maximum atomic E-state index is 12.2. The first-order valence-electron chi connectivity index (χ1n) is 9.30. The fourth-order valence-corrected chi connectivity index (χ4v) is 2.52. The van der Waals surface area contributed by atoms with Crippen molar-refractivity contribution in [3.05, 3.63) is 93.9 Å². The van der Waals surface area contributed by atoms with E-state index < -0.39 is 17.4 Å². The summed E-state index contributed by atoms with van der Waals surface area (Å²) in [6.07, 6.45) is 0.441. The lowest BCUT2D eigenvalue weighted by Crippen LogP contribution is -2.42. The molecule has 0 aliphatic carbocycles. The van der Waals surface area contributed by atoms with E-state index in [1.165, 1.54) is 6.20 Å². The first-order valence-corrected chi connectivity index (χ1v) is 9.30. The van der Waals surface area contributed by atoms with E-state index in [0.717, 1.165) is 17.2 Å². The number of nitrogens with one attached hydrogen (secondary N) is 3. The summed E-state index contributed by atoms with van der Waals surface area (Å²) in [6.45, 7) is 0.229. The molecule has 31 heavy (non-hydrogen) atoms. The molecule has 3 N–H and O–H groups in total. The molecule has 1 heterocycles. The number of pyridine rings is 1. The number of H-pyrrole nitrogens is 1. The molecule has 0 saturated carbocycles. The van der Waals surface area contributed by atoms with Gasteiger partial charge < -0.3 is 19.2 Å². The topological polar surface area (TPSA) is 119 Å². The molecule has 3 rings (SSSR count). The molecular formula is C22H21N3O6. The molecule has 2 aromatic carbocycles. The van der Waals surface area contributed by atoms with Crippen LogP contribution in [0.3, 0.4) is 0 Å². The number of aromatic amines is 1. The maximum absolute atomic E-state index is 12.2. The monoisotopic (exact) mass is 423 g/mol. The summed E-state index contributed by atoms with van der Waals surface area (Å²) in [5, 5.41) is 0. The normalized spacial score (nSPS) is 10.1. The summed E-state index contributed by atoms with van der Waals surface area (Å²) < 4.78 is 15.5. The molecule has 2 amide bonds. The van der Waals surface area contributed by atoms with Crippen LogP contribution < -0.4 is 25.8 Å². The molecule has 0 atom stereocenters. The smallest absolute Gasteiger partial charge is 0.426 e. The molecule has 160 valence electrons. The zero-order chi connectivity index (χ0) is 22.1. The highest BCUT2D eigenvalue weighted by Gasteiger charge is 2.11. The molecule has 9 nitrogen and oxygen atoms in total. The van der Waals surface area contributed by atoms with Gasteiger partial charge in [-0.1, -0.05) is 42.5 Å². The van der Waals surface area contributed by atoms with Crippen LogP contribution in [0.4, 0.5) is 4.79 Å². The first kappa shape index (κ1) is 21.4. The van der Waals surface area contributed by atoms with Gasteiger partial charge in [-0.15, -0.1) is 0 Å². The Morgan fingerprint density at radius 2 is 1.65 bits per heavy atom. The average molecular weight is 423 g/mol. The molecular weight excluding hydrogens is 402 g/mol. The molecule has 1 aromatic heterocycles. The number of carbonyl (C=O) groups excluding carboxylic acids is 2. The second-order valence-corrected chi connectivity index (χ2v) is 6.35. The molecule has 0 saturated heterocycles. The number of amides is 2. The molecule has 0 bridgehead atoms. The van der Waals surface area contributed by atoms with E-state index in [4.69, 9.17) is 14.2 Å². The fourth-order valence-electron chi connectivity index (χ4n) is 2.52. The summed E-state index contributed by atoms with van der Waals surface area (Å²) in [5.41, 5.74) is 5.41. The van der Waals surface area contributed by atoms with Crippen molar-refractivity contribution in [2.45, 2.75) is 13.2 Å². The Labute approximate surface area is 177 Å². The number of hydrazine groups is 1. The van der Waals surface area contributed by atoms with Crippen LogP contribution in [0.5, 0.6) is 11.5 Å². The highest BCUT2D eigenvalue weighted by Crippen LogP contribution is 2.12. The van der Waals surface area contributed by atoms with Gasteiger partial charge in [-0.2, -0.15) is 0 Å². The highest BCUT2D eigenvalue weighted by atomic mass is 16.6. The van der Waals surface area contributed by atoms with Gasteiger partial charge in [0.15, 0.2) is 5.75 Å². The standard InChI is InChI=1S/C22H21N3O6/c1-29-17-9-7-16(8-10-17)14-31-22(28)25-24-21(27)18-11-19(26)20(12-23-18)30-13-15-5-3-2-4-6-15/h2-12H,13-14H2,1H3,(H,23,26)(H,24,27)(H,25,28). The Balaban J connectivity index is 1.46. The molecule has 3 aromatic rings. The Morgan fingerprint density at radius 1 is 0.935 bits per heavy atom. The predicted molar refractivity (Wildman–Crippen MR) is 112 cm³/mol. The van der Waals surface area contributed by atoms with E-state index in [1.54, 1.807) is 31.4 Å². The van der Waals surface area contributed by atoms with Gasteiger partial charge in [0.2, 0.25) is 5.43 Å². The zero-order valence-corrected chi connectivity index (χ0v) is 16.7. The summed E-state index contributed by atoms with van der Waals surface area (Å²) in [5.74, 6) is 0.0475. The number of rotatable bonds is 7. The minimum atomic E-state index is -0.852. The number of methoxy groups -OCH3 is 1. The molecule has 0 aliphatic heterocycles. The summed E-state index contributed by atoms with van der Waals surface area (Å²) in [7, 11) is 1.56. The van der Waals surface area contributed by atoms with Gasteiger partial charge in [0.25, 0.3) is 5.91 Å². The lowest BCUT2D eigenvalue weighted by molar-refractivity contribution is 0.0900. The van der Waals surface area contributed by atoms with Crippen LogP contribution in [0.1, 0.15) is 21.6 Å². The molecule has 0 aliphatic rings. The van der Waals surface area contributed by atoms with Gasteiger partial charge in [-0.3, -0.25) is 15.0 Å². The van der Waals surface area contributed by atoms with Crippen LogP contribution in [0.25, 0.3) is 0 Å². The van der Waals surface area contributed by atoms with E-state index in [0.29, 0.717) is 5.75 Å². The Morgan fingerprint density at radius 3 is 2.32 bits per heavy atom. The highest BCUT2D eigenvalue weighted by molar-refractivity contribution is 5.93. The van der Waals surface area contributed by atoms with E-state index in [1.807, 2.05) is 30.3 Å². The first-order chi connectivity index (χ1) is 15.0. The van der Waals surface area contributed by atoms with Crippen LogP contribution in [-0.4, -0.2) is 24.1 Å². The summed E-state index contributed by atoms with van der Waals surface area (Å²) in [6, 6.07) is 17.4. The fraction of sp³-hybridized carbons (Fsp3) is 0.136. The van der Waals surface area contributed by atoms with Crippen LogP contribution in [0, 0.1) is 0 Å².